The summed E-state index contributed by atoms with van der Waals surface area (Å²) in [6.07, 6.45) is 3.30. The topological polar surface area (TPSA) is 92.9 Å². The van der Waals surface area contributed by atoms with Gasteiger partial charge in [0, 0.05) is 11.6 Å². The number of amides is 1. The lowest BCUT2D eigenvalue weighted by Gasteiger charge is -2.08. The molecule has 0 aliphatic carbocycles. The highest BCUT2D eigenvalue weighted by molar-refractivity contribution is 5.93. The minimum Gasteiger partial charge on any atom is -0.467 e. The third-order valence-electron chi connectivity index (χ3n) is 3.80. The zero-order valence-electron chi connectivity index (χ0n) is 13.7. The first-order valence-electron chi connectivity index (χ1n) is 8.05. The van der Waals surface area contributed by atoms with E-state index in [1.807, 2.05) is 30.3 Å². The Balaban J connectivity index is 1.46. The lowest BCUT2D eigenvalue weighted by molar-refractivity contribution is 0.0942. The van der Waals surface area contributed by atoms with Gasteiger partial charge in [0.2, 0.25) is 0 Å². The van der Waals surface area contributed by atoms with Gasteiger partial charge in [-0.25, -0.2) is 0 Å². The fourth-order valence-corrected chi connectivity index (χ4v) is 2.53. The molecule has 0 radical (unpaired) electrons. The molecule has 7 heteroatoms. The van der Waals surface area contributed by atoms with Crippen molar-refractivity contribution >= 4 is 28.3 Å². The zero-order chi connectivity index (χ0) is 17.8. The van der Waals surface area contributed by atoms with Gasteiger partial charge < -0.3 is 15.1 Å². The molecule has 0 aliphatic heterocycles. The van der Waals surface area contributed by atoms with E-state index in [0.717, 1.165) is 16.6 Å². The number of carbonyl (C=O) groups is 1. The Morgan fingerprint density at radius 2 is 1.92 bits per heavy atom. The second-order valence-corrected chi connectivity index (χ2v) is 5.57. The van der Waals surface area contributed by atoms with Crippen molar-refractivity contribution in [2.45, 2.75) is 6.54 Å². The minimum atomic E-state index is -0.313. The lowest BCUT2D eigenvalue weighted by Crippen LogP contribution is -2.23. The summed E-state index contributed by atoms with van der Waals surface area (Å²) in [5, 5.41) is 15.0. The maximum atomic E-state index is 12.1. The van der Waals surface area contributed by atoms with Crippen LogP contribution in [0.1, 0.15) is 16.2 Å². The number of rotatable bonds is 5. The smallest absolute Gasteiger partial charge is 0.272 e. The first kappa shape index (κ1) is 15.8. The van der Waals surface area contributed by atoms with Gasteiger partial charge in [0.05, 0.1) is 24.0 Å². The highest BCUT2D eigenvalue weighted by Crippen LogP contribution is 2.23. The number of nitrogens with one attached hydrogen (secondary N) is 2. The van der Waals surface area contributed by atoms with E-state index < -0.39 is 0 Å². The van der Waals surface area contributed by atoms with Gasteiger partial charge in [-0.15, -0.1) is 10.2 Å². The molecule has 1 amide bonds. The van der Waals surface area contributed by atoms with Crippen LogP contribution in [0.25, 0.3) is 10.9 Å². The second-order valence-electron chi connectivity index (χ2n) is 5.57. The average Bonchev–Trinajstić information content (AvgIpc) is 3.21. The number of anilines is 2. The van der Waals surface area contributed by atoms with Crippen molar-refractivity contribution in [3.63, 3.8) is 0 Å². The molecule has 4 rings (SSSR count). The Hall–Kier alpha value is -3.74. The predicted molar refractivity (Wildman–Crippen MR) is 96.9 cm³/mol. The van der Waals surface area contributed by atoms with Crippen molar-refractivity contribution in [2.75, 3.05) is 5.32 Å². The third kappa shape index (κ3) is 3.36. The molecule has 0 unspecified atom stereocenters. The number of fused-ring (bicyclic) bond motifs is 1. The van der Waals surface area contributed by atoms with Crippen LogP contribution in [-0.4, -0.2) is 21.1 Å². The molecule has 0 atom stereocenters. The maximum absolute atomic E-state index is 12.1. The summed E-state index contributed by atoms with van der Waals surface area (Å²) in [7, 11) is 0. The van der Waals surface area contributed by atoms with Crippen LogP contribution in [0, 0.1) is 0 Å². The van der Waals surface area contributed by atoms with Gasteiger partial charge in [-0.05, 0) is 36.4 Å². The summed E-state index contributed by atoms with van der Waals surface area (Å²) in [5.74, 6) is 0.895. The standard InChI is InChI=1S/C19H15N5O2/c25-19(21-12-14-6-3-11-26-14)16-8-9-17(24-23-16)22-15-7-1-4-13-5-2-10-20-18(13)15/h1-11H,12H2,(H,21,25)(H,22,24). The molecular formula is C19H15N5O2. The van der Waals surface area contributed by atoms with E-state index >= 15 is 0 Å². The van der Waals surface area contributed by atoms with Gasteiger partial charge in [-0.3, -0.25) is 9.78 Å². The van der Waals surface area contributed by atoms with Crippen molar-refractivity contribution in [1.29, 1.82) is 0 Å². The monoisotopic (exact) mass is 345 g/mol. The molecule has 0 aliphatic rings. The molecule has 1 aromatic carbocycles. The highest BCUT2D eigenvalue weighted by atomic mass is 16.3. The van der Waals surface area contributed by atoms with Crippen LogP contribution in [0.15, 0.2) is 71.5 Å². The number of para-hydroxylation sites is 1. The summed E-state index contributed by atoms with van der Waals surface area (Å²) >= 11 is 0. The normalized spacial score (nSPS) is 10.6. The molecular weight excluding hydrogens is 330 g/mol. The highest BCUT2D eigenvalue weighted by Gasteiger charge is 2.09. The average molecular weight is 345 g/mol. The zero-order valence-corrected chi connectivity index (χ0v) is 13.7. The molecule has 0 bridgehead atoms. The van der Waals surface area contributed by atoms with E-state index in [2.05, 4.69) is 25.8 Å². The van der Waals surface area contributed by atoms with Crippen LogP contribution in [-0.2, 0) is 6.54 Å². The van der Waals surface area contributed by atoms with E-state index in [0.29, 0.717) is 18.1 Å². The number of benzene rings is 1. The van der Waals surface area contributed by atoms with E-state index in [1.165, 1.54) is 0 Å². The number of hydrogen-bond acceptors (Lipinski definition) is 6. The lowest BCUT2D eigenvalue weighted by atomic mass is 10.2. The first-order valence-corrected chi connectivity index (χ1v) is 8.05. The van der Waals surface area contributed by atoms with Crippen molar-refractivity contribution in [3.8, 4) is 0 Å². The number of aromatic nitrogens is 3. The van der Waals surface area contributed by atoms with Crippen LogP contribution in [0.2, 0.25) is 0 Å². The predicted octanol–water partition coefficient (Wildman–Crippen LogP) is 3.29. The minimum absolute atomic E-state index is 0.234. The number of nitrogens with zero attached hydrogens (tertiary/aromatic N) is 3. The van der Waals surface area contributed by atoms with Crippen LogP contribution in [0.4, 0.5) is 11.5 Å². The molecule has 7 nitrogen and oxygen atoms in total. The van der Waals surface area contributed by atoms with Gasteiger partial charge in [-0.1, -0.05) is 18.2 Å². The van der Waals surface area contributed by atoms with Crippen LogP contribution < -0.4 is 10.6 Å². The van der Waals surface area contributed by atoms with Gasteiger partial charge in [0.1, 0.15) is 5.76 Å². The molecule has 3 heterocycles. The Morgan fingerprint density at radius 3 is 2.73 bits per heavy atom. The molecule has 0 saturated carbocycles. The Bertz CT molecular complexity index is 1020. The Kier molecular flexibility index (Phi) is 4.26. The number of pyridine rings is 1. The third-order valence-corrected chi connectivity index (χ3v) is 3.80. The first-order chi connectivity index (χ1) is 12.8. The number of hydrogen-bond donors (Lipinski definition) is 2. The number of carbonyl (C=O) groups excluding carboxylic acids is 1. The molecule has 3 aromatic heterocycles. The summed E-state index contributed by atoms with van der Waals surface area (Å²) in [6, 6.07) is 16.6. The summed E-state index contributed by atoms with van der Waals surface area (Å²) < 4.78 is 5.17. The number of furan rings is 1. The van der Waals surface area contributed by atoms with E-state index in [4.69, 9.17) is 4.42 Å². The largest absolute Gasteiger partial charge is 0.467 e. The van der Waals surface area contributed by atoms with Crippen molar-refractivity contribution in [1.82, 2.24) is 20.5 Å². The van der Waals surface area contributed by atoms with Gasteiger partial charge >= 0.3 is 0 Å². The molecule has 4 aromatic rings. The second kappa shape index (κ2) is 7.02. The molecule has 0 spiro atoms. The fourth-order valence-electron chi connectivity index (χ4n) is 2.53. The van der Waals surface area contributed by atoms with Crippen molar-refractivity contribution < 1.29 is 9.21 Å². The summed E-state index contributed by atoms with van der Waals surface area (Å²) in [4.78, 5) is 16.5. The SMILES string of the molecule is O=C(NCc1ccco1)c1ccc(Nc2cccc3cccnc23)nn1. The fraction of sp³-hybridized carbons (Fsp3) is 0.0526. The van der Waals surface area contributed by atoms with E-state index in [1.54, 1.807) is 36.7 Å². The Morgan fingerprint density at radius 1 is 1.00 bits per heavy atom. The van der Waals surface area contributed by atoms with Gasteiger partial charge in [-0.2, -0.15) is 0 Å². The van der Waals surface area contributed by atoms with E-state index in [-0.39, 0.29) is 11.6 Å². The van der Waals surface area contributed by atoms with E-state index in [9.17, 15) is 4.79 Å². The summed E-state index contributed by atoms with van der Waals surface area (Å²) in [6.45, 7) is 0.301. The van der Waals surface area contributed by atoms with Crippen molar-refractivity contribution in [2.24, 2.45) is 0 Å². The molecule has 0 saturated heterocycles. The van der Waals surface area contributed by atoms with Crippen LogP contribution in [0.3, 0.4) is 0 Å². The molecule has 0 fully saturated rings. The molecule has 2 N–H and O–H groups in total. The Labute approximate surface area is 149 Å². The summed E-state index contributed by atoms with van der Waals surface area (Å²) in [5.41, 5.74) is 1.91. The van der Waals surface area contributed by atoms with Gasteiger partial charge in [0.25, 0.3) is 5.91 Å². The maximum Gasteiger partial charge on any atom is 0.272 e. The van der Waals surface area contributed by atoms with Gasteiger partial charge in [0.15, 0.2) is 11.5 Å². The van der Waals surface area contributed by atoms with Crippen LogP contribution in [0.5, 0.6) is 0 Å². The quantitative estimate of drug-likeness (QED) is 0.576. The molecule has 128 valence electrons. The van der Waals surface area contributed by atoms with Crippen LogP contribution >= 0.6 is 0 Å². The van der Waals surface area contributed by atoms with Crippen molar-refractivity contribution in [3.05, 3.63) is 78.5 Å². The molecule has 26 heavy (non-hydrogen) atoms.